The Morgan fingerprint density at radius 1 is 1.03 bits per heavy atom. The lowest BCUT2D eigenvalue weighted by atomic mass is 10.1. The van der Waals surface area contributed by atoms with Crippen LogP contribution in [0.1, 0.15) is 23.2 Å². The second-order valence-electron chi connectivity index (χ2n) is 6.58. The van der Waals surface area contributed by atoms with Crippen LogP contribution >= 0.6 is 0 Å². The molecule has 1 fully saturated rings. The highest BCUT2D eigenvalue weighted by Gasteiger charge is 2.25. The Morgan fingerprint density at radius 3 is 2.17 bits per heavy atom. The van der Waals surface area contributed by atoms with E-state index in [2.05, 4.69) is 43.6 Å². The topological polar surface area (TPSA) is 92.3 Å². The molecule has 0 atom stereocenters. The number of benzene rings is 1. The average molecular weight is 394 g/mol. The summed E-state index contributed by atoms with van der Waals surface area (Å²) < 4.78 is 5.65. The van der Waals surface area contributed by atoms with Crippen molar-refractivity contribution in [2.45, 2.75) is 18.9 Å². The van der Waals surface area contributed by atoms with Crippen molar-refractivity contribution >= 4 is 23.8 Å². The Hall–Kier alpha value is -3.42. The first-order valence-electron chi connectivity index (χ1n) is 9.66. The summed E-state index contributed by atoms with van der Waals surface area (Å²) in [5, 5.41) is 6.20. The third-order valence-corrected chi connectivity index (χ3v) is 4.44. The Kier molecular flexibility index (Phi) is 7.16. The number of nitrogens with zero attached hydrogens (tertiary/aromatic N) is 4. The molecule has 0 bridgehead atoms. The predicted molar refractivity (Wildman–Crippen MR) is 114 cm³/mol. The van der Waals surface area contributed by atoms with E-state index in [-0.39, 0.29) is 12.1 Å². The predicted octanol–water partition coefficient (Wildman–Crippen LogP) is 2.89. The van der Waals surface area contributed by atoms with Crippen molar-refractivity contribution in [2.75, 3.05) is 41.7 Å². The number of esters is 1. The summed E-state index contributed by atoms with van der Waals surface area (Å²) in [6.45, 7) is 9.90. The number of carbonyl (C=O) groups is 1. The molecular weight excluding hydrogens is 368 g/mol. The third-order valence-electron chi connectivity index (χ3n) is 4.44. The van der Waals surface area contributed by atoms with E-state index in [1.54, 1.807) is 24.3 Å². The molecule has 152 valence electrons. The fraction of sp³-hybridized carbons (Fsp3) is 0.333. The molecule has 1 aromatic carbocycles. The Morgan fingerprint density at radius 2 is 1.62 bits per heavy atom. The molecule has 0 saturated carbocycles. The van der Waals surface area contributed by atoms with Gasteiger partial charge in [0.15, 0.2) is 0 Å². The highest BCUT2D eigenvalue weighted by atomic mass is 16.5. The molecule has 2 heterocycles. The maximum absolute atomic E-state index is 12.3. The van der Waals surface area contributed by atoms with Gasteiger partial charge in [-0.05, 0) is 12.1 Å². The maximum atomic E-state index is 12.3. The lowest BCUT2D eigenvalue weighted by Crippen LogP contribution is -2.39. The van der Waals surface area contributed by atoms with Crippen molar-refractivity contribution in [1.82, 2.24) is 15.0 Å². The number of piperidine rings is 1. The smallest absolute Gasteiger partial charge is 0.338 e. The van der Waals surface area contributed by atoms with E-state index in [4.69, 9.17) is 4.74 Å². The lowest BCUT2D eigenvalue weighted by Gasteiger charge is -2.31. The minimum atomic E-state index is -0.281. The third kappa shape index (κ3) is 5.78. The van der Waals surface area contributed by atoms with Gasteiger partial charge >= 0.3 is 5.97 Å². The fourth-order valence-corrected chi connectivity index (χ4v) is 2.96. The van der Waals surface area contributed by atoms with Gasteiger partial charge in [-0.25, -0.2) is 4.79 Å². The Balaban J connectivity index is 1.62. The number of rotatable bonds is 9. The molecule has 0 radical (unpaired) electrons. The van der Waals surface area contributed by atoms with Gasteiger partial charge in [-0.2, -0.15) is 15.0 Å². The second kappa shape index (κ2) is 10.2. The zero-order chi connectivity index (χ0) is 20.5. The van der Waals surface area contributed by atoms with Crippen LogP contribution in [0.5, 0.6) is 0 Å². The SMILES string of the molecule is C=CCNc1nc(NCC=C)nc(N2CCC(OC(=O)c3ccccc3)CC2)n1. The van der Waals surface area contributed by atoms with Crippen molar-refractivity contribution in [2.24, 2.45) is 0 Å². The van der Waals surface area contributed by atoms with Gasteiger partial charge in [-0.15, -0.1) is 13.2 Å². The second-order valence-corrected chi connectivity index (χ2v) is 6.58. The first-order valence-corrected chi connectivity index (χ1v) is 9.66. The average Bonchev–Trinajstić information content (AvgIpc) is 2.77. The number of hydrogen-bond acceptors (Lipinski definition) is 8. The highest BCUT2D eigenvalue weighted by Crippen LogP contribution is 2.21. The van der Waals surface area contributed by atoms with Gasteiger partial charge < -0.3 is 20.3 Å². The van der Waals surface area contributed by atoms with E-state index in [1.165, 1.54) is 0 Å². The molecule has 8 nitrogen and oxygen atoms in total. The molecule has 1 aliphatic rings. The van der Waals surface area contributed by atoms with Crippen LogP contribution in [0.4, 0.5) is 17.8 Å². The summed E-state index contributed by atoms with van der Waals surface area (Å²) in [6, 6.07) is 9.06. The van der Waals surface area contributed by atoms with Gasteiger partial charge in [-0.3, -0.25) is 0 Å². The quantitative estimate of drug-likeness (QED) is 0.495. The molecule has 0 aliphatic carbocycles. The molecule has 0 spiro atoms. The van der Waals surface area contributed by atoms with Crippen LogP contribution in [0.2, 0.25) is 0 Å². The molecule has 2 aromatic rings. The van der Waals surface area contributed by atoms with Crippen LogP contribution in [0.15, 0.2) is 55.6 Å². The normalized spacial score (nSPS) is 14.1. The summed E-state index contributed by atoms with van der Waals surface area (Å²) in [5.41, 5.74) is 0.572. The van der Waals surface area contributed by atoms with Gasteiger partial charge in [-0.1, -0.05) is 30.4 Å². The number of hydrogen-bond donors (Lipinski definition) is 2. The van der Waals surface area contributed by atoms with Crippen LogP contribution < -0.4 is 15.5 Å². The van der Waals surface area contributed by atoms with Crippen LogP contribution in [0.3, 0.4) is 0 Å². The van der Waals surface area contributed by atoms with Crippen molar-refractivity contribution in [3.63, 3.8) is 0 Å². The number of carbonyl (C=O) groups excluding carboxylic acids is 1. The Labute approximate surface area is 170 Å². The summed E-state index contributed by atoms with van der Waals surface area (Å²) in [7, 11) is 0. The van der Waals surface area contributed by atoms with Gasteiger partial charge in [0, 0.05) is 39.0 Å². The van der Waals surface area contributed by atoms with Crippen LogP contribution in [0, 0.1) is 0 Å². The fourth-order valence-electron chi connectivity index (χ4n) is 2.96. The van der Waals surface area contributed by atoms with Gasteiger partial charge in [0.05, 0.1) is 5.56 Å². The molecular formula is C21H26N6O2. The van der Waals surface area contributed by atoms with E-state index in [0.29, 0.717) is 49.6 Å². The van der Waals surface area contributed by atoms with Crippen molar-refractivity contribution in [3.05, 3.63) is 61.2 Å². The molecule has 2 N–H and O–H groups in total. The number of nitrogens with one attached hydrogen (secondary N) is 2. The molecule has 8 heteroatoms. The van der Waals surface area contributed by atoms with E-state index in [0.717, 1.165) is 12.8 Å². The van der Waals surface area contributed by atoms with Gasteiger partial charge in [0.1, 0.15) is 6.10 Å². The van der Waals surface area contributed by atoms with E-state index in [9.17, 15) is 4.79 Å². The Bertz CT molecular complexity index is 804. The number of ether oxygens (including phenoxy) is 1. The number of anilines is 3. The number of aromatic nitrogens is 3. The molecule has 0 amide bonds. The van der Waals surface area contributed by atoms with Gasteiger partial charge in [0.25, 0.3) is 0 Å². The van der Waals surface area contributed by atoms with E-state index < -0.39 is 0 Å². The maximum Gasteiger partial charge on any atom is 0.338 e. The molecule has 0 unspecified atom stereocenters. The first-order chi connectivity index (χ1) is 14.2. The molecule has 1 aliphatic heterocycles. The highest BCUT2D eigenvalue weighted by molar-refractivity contribution is 5.89. The van der Waals surface area contributed by atoms with Crippen molar-refractivity contribution < 1.29 is 9.53 Å². The molecule has 3 rings (SSSR count). The van der Waals surface area contributed by atoms with Crippen molar-refractivity contribution in [3.8, 4) is 0 Å². The molecule has 1 saturated heterocycles. The summed E-state index contributed by atoms with van der Waals surface area (Å²) in [5.74, 6) is 1.28. The van der Waals surface area contributed by atoms with Crippen LogP contribution in [-0.2, 0) is 4.74 Å². The zero-order valence-corrected chi connectivity index (χ0v) is 16.4. The zero-order valence-electron chi connectivity index (χ0n) is 16.4. The minimum Gasteiger partial charge on any atom is -0.459 e. The monoisotopic (exact) mass is 394 g/mol. The van der Waals surface area contributed by atoms with E-state index >= 15 is 0 Å². The summed E-state index contributed by atoms with van der Waals surface area (Å²) >= 11 is 0. The first kappa shape index (κ1) is 20.3. The van der Waals surface area contributed by atoms with E-state index in [1.807, 2.05) is 18.2 Å². The van der Waals surface area contributed by atoms with Crippen molar-refractivity contribution in [1.29, 1.82) is 0 Å². The standard InChI is InChI=1S/C21H26N6O2/c1-3-12-22-19-24-20(23-13-4-2)26-21(25-19)27-14-10-17(11-15-27)29-18(28)16-8-6-5-7-9-16/h3-9,17H,1-2,10-15H2,(H2,22,23,24,25,26). The minimum absolute atomic E-state index is 0.113. The summed E-state index contributed by atoms with van der Waals surface area (Å²) in [4.78, 5) is 27.7. The largest absolute Gasteiger partial charge is 0.459 e. The van der Waals surface area contributed by atoms with Crippen LogP contribution in [0.25, 0.3) is 0 Å². The van der Waals surface area contributed by atoms with Crippen LogP contribution in [-0.4, -0.2) is 53.2 Å². The summed E-state index contributed by atoms with van der Waals surface area (Å²) in [6.07, 6.45) is 4.81. The lowest BCUT2D eigenvalue weighted by molar-refractivity contribution is 0.0244. The van der Waals surface area contributed by atoms with Gasteiger partial charge in [0.2, 0.25) is 17.8 Å². The molecule has 29 heavy (non-hydrogen) atoms. The molecule has 1 aromatic heterocycles.